The van der Waals surface area contributed by atoms with E-state index in [0.29, 0.717) is 11.1 Å². The molecule has 0 spiro atoms. The minimum atomic E-state index is -0.505. The van der Waals surface area contributed by atoms with Gasteiger partial charge in [-0.1, -0.05) is 44.2 Å². The van der Waals surface area contributed by atoms with Crippen LogP contribution >= 0.6 is 0 Å². The first kappa shape index (κ1) is 17.6. The molecule has 6 heteroatoms. The van der Waals surface area contributed by atoms with Gasteiger partial charge in [0.2, 0.25) is 0 Å². The Morgan fingerprint density at radius 3 is 2.46 bits per heavy atom. The molecular weight excluding hydrogens is 308 g/mol. The van der Waals surface area contributed by atoms with Crippen LogP contribution in [-0.4, -0.2) is 34.0 Å². The smallest absolute Gasteiger partial charge is 0.270 e. The number of nitro benzene ring substituents is 1. The van der Waals surface area contributed by atoms with Gasteiger partial charge in [0.05, 0.1) is 17.6 Å². The number of benzene rings is 2. The van der Waals surface area contributed by atoms with Crippen molar-refractivity contribution >= 4 is 11.9 Å². The third-order valence-corrected chi connectivity index (χ3v) is 3.78. The Balaban J connectivity index is 2.53. The molecule has 0 saturated carbocycles. The molecule has 0 aliphatic heterocycles. The van der Waals surface area contributed by atoms with Gasteiger partial charge in [-0.3, -0.25) is 15.1 Å². The van der Waals surface area contributed by atoms with Crippen molar-refractivity contribution in [2.24, 2.45) is 10.9 Å². The molecule has 2 aromatic carbocycles. The van der Waals surface area contributed by atoms with Crippen LogP contribution in [0.5, 0.6) is 5.75 Å². The molecule has 0 radical (unpaired) electrons. The molecule has 0 heterocycles. The van der Waals surface area contributed by atoms with Gasteiger partial charge in [0.25, 0.3) is 5.69 Å². The minimum absolute atomic E-state index is 0.0732. The molecule has 24 heavy (non-hydrogen) atoms. The van der Waals surface area contributed by atoms with Crippen LogP contribution in [0.15, 0.2) is 47.5 Å². The third kappa shape index (κ3) is 3.97. The summed E-state index contributed by atoms with van der Waals surface area (Å²) in [5, 5.41) is 31.0. The lowest BCUT2D eigenvalue weighted by Gasteiger charge is -2.13. The van der Waals surface area contributed by atoms with Crippen molar-refractivity contribution < 1.29 is 15.1 Å². The van der Waals surface area contributed by atoms with Crippen molar-refractivity contribution in [1.82, 2.24) is 0 Å². The topological polar surface area (TPSA) is 96.0 Å². The van der Waals surface area contributed by atoms with E-state index in [1.807, 2.05) is 19.9 Å². The van der Waals surface area contributed by atoms with Gasteiger partial charge in [0.1, 0.15) is 5.75 Å². The lowest BCUT2D eigenvalue weighted by Crippen LogP contribution is -2.17. The van der Waals surface area contributed by atoms with Gasteiger partial charge < -0.3 is 10.2 Å². The highest BCUT2D eigenvalue weighted by Gasteiger charge is 2.17. The van der Waals surface area contributed by atoms with Crippen LogP contribution in [0.3, 0.4) is 0 Å². The number of hydrogen-bond donors (Lipinski definition) is 2. The molecule has 0 amide bonds. The molecule has 1 atom stereocenters. The fraction of sp³-hybridized carbons (Fsp3) is 0.278. The Morgan fingerprint density at radius 2 is 1.92 bits per heavy atom. The number of phenols is 1. The van der Waals surface area contributed by atoms with E-state index in [1.54, 1.807) is 24.3 Å². The summed E-state index contributed by atoms with van der Waals surface area (Å²) >= 11 is 0. The lowest BCUT2D eigenvalue weighted by molar-refractivity contribution is -0.384. The maximum Gasteiger partial charge on any atom is 0.270 e. The number of hydrogen-bond acceptors (Lipinski definition) is 5. The largest absolute Gasteiger partial charge is 0.507 e. The van der Waals surface area contributed by atoms with Gasteiger partial charge >= 0.3 is 0 Å². The highest BCUT2D eigenvalue weighted by Crippen LogP contribution is 2.35. The second-order valence-electron chi connectivity index (χ2n) is 5.83. The number of non-ortho nitro benzene ring substituents is 1. The first-order chi connectivity index (χ1) is 11.4. The van der Waals surface area contributed by atoms with E-state index in [2.05, 4.69) is 4.99 Å². The summed E-state index contributed by atoms with van der Waals surface area (Å²) in [5.41, 5.74) is 1.17. The van der Waals surface area contributed by atoms with E-state index >= 15 is 0 Å². The summed E-state index contributed by atoms with van der Waals surface area (Å²) in [4.78, 5) is 14.9. The first-order valence-corrected chi connectivity index (χ1v) is 7.65. The van der Waals surface area contributed by atoms with Crippen molar-refractivity contribution in [3.63, 3.8) is 0 Å². The van der Waals surface area contributed by atoms with Crippen molar-refractivity contribution in [2.45, 2.75) is 19.9 Å². The summed E-state index contributed by atoms with van der Waals surface area (Å²) in [6.07, 6.45) is 1.38. The average molecular weight is 328 g/mol. The van der Waals surface area contributed by atoms with E-state index in [1.165, 1.54) is 18.3 Å². The SMILES string of the molecule is CC(C)[C@H](CO)N=Cc1cc([N+](=O)[O-])cc(-c2ccccc2)c1O. The van der Waals surface area contributed by atoms with Gasteiger partial charge in [-0.05, 0) is 11.5 Å². The molecule has 6 nitrogen and oxygen atoms in total. The average Bonchev–Trinajstić information content (AvgIpc) is 2.57. The number of nitrogens with zero attached hydrogens (tertiary/aromatic N) is 2. The molecule has 0 bridgehead atoms. The van der Waals surface area contributed by atoms with Crippen LogP contribution in [0.1, 0.15) is 19.4 Å². The summed E-state index contributed by atoms with van der Waals surface area (Å²) in [6, 6.07) is 11.2. The highest BCUT2D eigenvalue weighted by molar-refractivity contribution is 5.90. The van der Waals surface area contributed by atoms with Crippen molar-refractivity contribution in [3.8, 4) is 16.9 Å². The van der Waals surface area contributed by atoms with Crippen LogP contribution in [-0.2, 0) is 0 Å². The number of aliphatic imine (C=N–C) groups is 1. The molecule has 0 aliphatic carbocycles. The van der Waals surface area contributed by atoms with Gasteiger partial charge in [-0.2, -0.15) is 0 Å². The van der Waals surface area contributed by atoms with Gasteiger partial charge in [-0.25, -0.2) is 0 Å². The Labute approximate surface area is 140 Å². The Kier molecular flexibility index (Phi) is 5.65. The molecule has 2 N–H and O–H groups in total. The van der Waals surface area contributed by atoms with Crippen LogP contribution in [0.4, 0.5) is 5.69 Å². The number of aliphatic hydroxyl groups is 1. The van der Waals surface area contributed by atoms with E-state index < -0.39 is 4.92 Å². The van der Waals surface area contributed by atoms with Crippen LogP contribution in [0.25, 0.3) is 11.1 Å². The molecule has 0 aliphatic rings. The number of aliphatic hydroxyl groups excluding tert-OH is 1. The predicted octanol–water partition coefficient (Wildman–Crippen LogP) is 3.40. The molecule has 0 saturated heterocycles. The summed E-state index contributed by atoms with van der Waals surface area (Å²) in [5.74, 6) is 0.0386. The number of rotatable bonds is 6. The second-order valence-corrected chi connectivity index (χ2v) is 5.83. The Morgan fingerprint density at radius 1 is 1.25 bits per heavy atom. The maximum absolute atomic E-state index is 11.2. The molecule has 0 unspecified atom stereocenters. The van der Waals surface area contributed by atoms with Crippen LogP contribution < -0.4 is 0 Å². The molecule has 0 fully saturated rings. The quantitative estimate of drug-likeness (QED) is 0.482. The summed E-state index contributed by atoms with van der Waals surface area (Å²) in [6.45, 7) is 3.71. The molecule has 2 aromatic rings. The minimum Gasteiger partial charge on any atom is -0.507 e. The molecule has 2 rings (SSSR count). The summed E-state index contributed by atoms with van der Waals surface area (Å²) in [7, 11) is 0. The highest BCUT2D eigenvalue weighted by atomic mass is 16.6. The fourth-order valence-corrected chi connectivity index (χ4v) is 2.29. The molecule has 0 aromatic heterocycles. The lowest BCUT2D eigenvalue weighted by atomic mass is 10.0. The Bertz CT molecular complexity index is 742. The van der Waals surface area contributed by atoms with Gasteiger partial charge in [0, 0.05) is 29.5 Å². The molecular formula is C18H20N2O4. The predicted molar refractivity (Wildman–Crippen MR) is 93.5 cm³/mol. The van der Waals surface area contributed by atoms with Crippen molar-refractivity contribution in [3.05, 3.63) is 58.1 Å². The van der Waals surface area contributed by atoms with Crippen molar-refractivity contribution in [2.75, 3.05) is 6.61 Å². The van der Waals surface area contributed by atoms with Gasteiger partial charge in [-0.15, -0.1) is 0 Å². The maximum atomic E-state index is 11.2. The van der Waals surface area contributed by atoms with Crippen molar-refractivity contribution in [1.29, 1.82) is 0 Å². The zero-order chi connectivity index (χ0) is 17.7. The first-order valence-electron chi connectivity index (χ1n) is 7.65. The zero-order valence-electron chi connectivity index (χ0n) is 13.6. The van der Waals surface area contributed by atoms with Crippen LogP contribution in [0.2, 0.25) is 0 Å². The third-order valence-electron chi connectivity index (χ3n) is 3.78. The normalized spacial score (nSPS) is 12.7. The standard InChI is InChI=1S/C18H20N2O4/c1-12(2)17(11-21)19-10-14-8-15(20(23)24)9-16(18(14)22)13-6-4-3-5-7-13/h3-10,12,17,21-22H,11H2,1-2H3/t17-/m0/s1. The number of phenolic OH excluding ortho intramolecular Hbond substituents is 1. The van der Waals surface area contributed by atoms with Gasteiger partial charge in [0.15, 0.2) is 0 Å². The molecule has 126 valence electrons. The monoisotopic (exact) mass is 328 g/mol. The summed E-state index contributed by atoms with van der Waals surface area (Å²) < 4.78 is 0. The number of aromatic hydroxyl groups is 1. The van der Waals surface area contributed by atoms with E-state index in [-0.39, 0.29) is 35.6 Å². The number of nitro groups is 1. The van der Waals surface area contributed by atoms with E-state index in [0.717, 1.165) is 0 Å². The zero-order valence-corrected chi connectivity index (χ0v) is 13.6. The fourth-order valence-electron chi connectivity index (χ4n) is 2.29. The van der Waals surface area contributed by atoms with E-state index in [9.17, 15) is 20.3 Å². The van der Waals surface area contributed by atoms with E-state index in [4.69, 9.17) is 0 Å². The Hall–Kier alpha value is -2.73. The van der Waals surface area contributed by atoms with Crippen LogP contribution in [0, 0.1) is 16.0 Å². The second kappa shape index (κ2) is 7.70.